The van der Waals surface area contributed by atoms with Crippen molar-refractivity contribution in [3.8, 4) is 5.75 Å². The monoisotopic (exact) mass is 512 g/mol. The van der Waals surface area contributed by atoms with Crippen molar-refractivity contribution in [2.24, 2.45) is 4.99 Å². The van der Waals surface area contributed by atoms with Crippen molar-refractivity contribution < 1.29 is 9.53 Å². The molecule has 184 valence electrons. The number of anilines is 1. The summed E-state index contributed by atoms with van der Waals surface area (Å²) < 4.78 is 6.30. The number of thioether (sulfide) groups is 1. The third kappa shape index (κ3) is 4.97. The predicted molar refractivity (Wildman–Crippen MR) is 158 cm³/mol. The molecule has 0 aromatic heterocycles. The summed E-state index contributed by atoms with van der Waals surface area (Å²) in [4.78, 5) is 21.0. The fourth-order valence-electron chi connectivity index (χ4n) is 4.38. The molecule has 5 heteroatoms. The number of ether oxygens (including phenoxy) is 1. The van der Waals surface area contributed by atoms with Crippen molar-refractivity contribution in [2.45, 2.75) is 6.61 Å². The molecular formula is C33H24N2O2S. The molecule has 0 radical (unpaired) electrons. The van der Waals surface area contributed by atoms with E-state index >= 15 is 0 Å². The minimum absolute atomic E-state index is 0.113. The molecule has 1 amide bonds. The number of carbonyl (C=O) groups is 1. The molecule has 1 fully saturated rings. The van der Waals surface area contributed by atoms with Crippen LogP contribution in [0.15, 0.2) is 137 Å². The van der Waals surface area contributed by atoms with E-state index in [1.54, 1.807) is 4.90 Å². The molecule has 0 unspecified atom stereocenters. The molecule has 6 rings (SSSR count). The number of benzene rings is 5. The second-order valence-electron chi connectivity index (χ2n) is 8.79. The second kappa shape index (κ2) is 10.8. The molecule has 4 nitrogen and oxygen atoms in total. The molecule has 5 aromatic carbocycles. The summed E-state index contributed by atoms with van der Waals surface area (Å²) in [6, 6.07) is 41.6. The Balaban J connectivity index is 1.44. The van der Waals surface area contributed by atoms with E-state index in [2.05, 4.69) is 18.2 Å². The maximum atomic E-state index is 13.9. The lowest BCUT2D eigenvalue weighted by atomic mass is 10.0. The zero-order valence-corrected chi connectivity index (χ0v) is 21.3. The van der Waals surface area contributed by atoms with Crippen LogP contribution < -0.4 is 9.64 Å². The molecule has 1 aliphatic heterocycles. The van der Waals surface area contributed by atoms with Gasteiger partial charge in [0.05, 0.1) is 16.3 Å². The van der Waals surface area contributed by atoms with E-state index in [4.69, 9.17) is 9.73 Å². The van der Waals surface area contributed by atoms with Gasteiger partial charge < -0.3 is 4.74 Å². The van der Waals surface area contributed by atoms with Crippen LogP contribution in [0.2, 0.25) is 0 Å². The van der Waals surface area contributed by atoms with E-state index in [1.165, 1.54) is 11.8 Å². The van der Waals surface area contributed by atoms with Crippen LogP contribution in [0.4, 0.5) is 11.4 Å². The molecule has 0 aliphatic carbocycles. The Morgan fingerprint density at radius 1 is 0.737 bits per heavy atom. The quantitative estimate of drug-likeness (QED) is 0.215. The van der Waals surface area contributed by atoms with Crippen molar-refractivity contribution in [1.82, 2.24) is 0 Å². The first-order chi connectivity index (χ1) is 18.8. The third-order valence-corrected chi connectivity index (χ3v) is 7.21. The van der Waals surface area contributed by atoms with Crippen molar-refractivity contribution in [1.29, 1.82) is 0 Å². The highest BCUT2D eigenvalue weighted by Crippen LogP contribution is 2.40. The number of aliphatic imine (C=N–C) groups is 1. The maximum absolute atomic E-state index is 13.9. The van der Waals surface area contributed by atoms with E-state index in [0.717, 1.165) is 39.0 Å². The number of carbonyl (C=O) groups excluding carboxylic acids is 1. The highest BCUT2D eigenvalue weighted by atomic mass is 32.2. The Morgan fingerprint density at radius 2 is 1.39 bits per heavy atom. The Bertz CT molecular complexity index is 1650. The first-order valence-electron chi connectivity index (χ1n) is 12.4. The van der Waals surface area contributed by atoms with E-state index in [0.29, 0.717) is 16.7 Å². The highest BCUT2D eigenvalue weighted by Gasteiger charge is 2.35. The van der Waals surface area contributed by atoms with Gasteiger partial charge in [-0.3, -0.25) is 9.69 Å². The highest BCUT2D eigenvalue weighted by molar-refractivity contribution is 8.19. The molecule has 0 N–H and O–H groups in total. The van der Waals surface area contributed by atoms with Gasteiger partial charge in [-0.05, 0) is 64.5 Å². The minimum Gasteiger partial charge on any atom is -0.488 e. The number of amidine groups is 1. The predicted octanol–water partition coefficient (Wildman–Crippen LogP) is 8.23. The normalized spacial score (nSPS) is 15.5. The molecule has 0 spiro atoms. The number of rotatable bonds is 6. The molecule has 1 heterocycles. The lowest BCUT2D eigenvalue weighted by Gasteiger charge is -2.15. The van der Waals surface area contributed by atoms with Gasteiger partial charge >= 0.3 is 0 Å². The van der Waals surface area contributed by atoms with Gasteiger partial charge in [-0.2, -0.15) is 0 Å². The van der Waals surface area contributed by atoms with Crippen molar-refractivity contribution in [3.63, 3.8) is 0 Å². The van der Waals surface area contributed by atoms with Gasteiger partial charge in [0.1, 0.15) is 12.4 Å². The average molecular weight is 513 g/mol. The summed E-state index contributed by atoms with van der Waals surface area (Å²) in [5.74, 6) is 0.617. The molecular weight excluding hydrogens is 488 g/mol. The second-order valence-corrected chi connectivity index (χ2v) is 9.80. The van der Waals surface area contributed by atoms with Crippen LogP contribution in [0, 0.1) is 0 Å². The van der Waals surface area contributed by atoms with Gasteiger partial charge in [-0.25, -0.2) is 4.99 Å². The van der Waals surface area contributed by atoms with Gasteiger partial charge in [0.15, 0.2) is 5.17 Å². The van der Waals surface area contributed by atoms with Crippen molar-refractivity contribution in [3.05, 3.63) is 143 Å². The van der Waals surface area contributed by atoms with Crippen LogP contribution in [0.1, 0.15) is 11.1 Å². The molecule has 0 atom stereocenters. The number of hydrogen-bond donors (Lipinski definition) is 0. The summed E-state index contributed by atoms with van der Waals surface area (Å²) in [5.41, 5.74) is 3.53. The van der Waals surface area contributed by atoms with Crippen molar-refractivity contribution in [2.75, 3.05) is 4.90 Å². The van der Waals surface area contributed by atoms with Crippen molar-refractivity contribution >= 4 is 51.1 Å². The van der Waals surface area contributed by atoms with Gasteiger partial charge in [-0.15, -0.1) is 0 Å². The third-order valence-electron chi connectivity index (χ3n) is 6.25. The lowest BCUT2D eigenvalue weighted by molar-refractivity contribution is -0.113. The van der Waals surface area contributed by atoms with E-state index < -0.39 is 0 Å². The maximum Gasteiger partial charge on any atom is 0.271 e. The van der Waals surface area contributed by atoms with E-state index in [9.17, 15) is 4.79 Å². The van der Waals surface area contributed by atoms with Gasteiger partial charge in [-0.1, -0.05) is 97.1 Å². The topological polar surface area (TPSA) is 41.9 Å². The standard InChI is InChI=1S/C33H24N2O2S/c36-32-31(38-33(34-26-15-6-2-7-16-26)35(32)27-17-8-3-9-18-27)22-29-28-19-11-10-14-25(28)20-21-30(29)37-23-24-12-4-1-5-13-24/h1-22H,23H2/b31-22+,34-33?. The summed E-state index contributed by atoms with van der Waals surface area (Å²) in [6.45, 7) is 0.438. The Labute approximate surface area is 225 Å². The summed E-state index contributed by atoms with van der Waals surface area (Å²) in [7, 11) is 0. The number of nitrogens with zero attached hydrogens (tertiary/aromatic N) is 2. The summed E-state index contributed by atoms with van der Waals surface area (Å²) >= 11 is 1.38. The SMILES string of the molecule is O=C1/C(=C\c2c(OCc3ccccc3)ccc3ccccc23)SC(=Nc2ccccc2)N1c1ccccc1. The number of amides is 1. The summed E-state index contributed by atoms with van der Waals surface area (Å²) in [5, 5.41) is 2.73. The largest absolute Gasteiger partial charge is 0.488 e. The Kier molecular flexibility index (Phi) is 6.75. The fraction of sp³-hybridized carbons (Fsp3) is 0.0303. The van der Waals surface area contributed by atoms with Crippen LogP contribution in [-0.4, -0.2) is 11.1 Å². The van der Waals surface area contributed by atoms with Crippen LogP contribution in [0.5, 0.6) is 5.75 Å². The van der Waals surface area contributed by atoms with Gasteiger partial charge in [0.2, 0.25) is 0 Å². The van der Waals surface area contributed by atoms with E-state index in [1.807, 2.05) is 115 Å². The van der Waals surface area contributed by atoms with Gasteiger partial charge in [0.25, 0.3) is 5.91 Å². The molecule has 5 aromatic rings. The van der Waals surface area contributed by atoms with Crippen LogP contribution in [0.3, 0.4) is 0 Å². The number of hydrogen-bond acceptors (Lipinski definition) is 4. The molecule has 0 bridgehead atoms. The lowest BCUT2D eigenvalue weighted by Crippen LogP contribution is -2.28. The van der Waals surface area contributed by atoms with Crippen LogP contribution in [-0.2, 0) is 11.4 Å². The first kappa shape index (κ1) is 23.8. The smallest absolute Gasteiger partial charge is 0.271 e. The molecule has 1 saturated heterocycles. The number of para-hydroxylation sites is 2. The van der Waals surface area contributed by atoms with Crippen LogP contribution >= 0.6 is 11.8 Å². The zero-order chi connectivity index (χ0) is 25.7. The summed E-state index contributed by atoms with van der Waals surface area (Å²) in [6.07, 6.45) is 1.94. The van der Waals surface area contributed by atoms with E-state index in [-0.39, 0.29) is 5.91 Å². The molecule has 0 saturated carbocycles. The molecule has 1 aliphatic rings. The van der Waals surface area contributed by atoms with Gasteiger partial charge in [0, 0.05) is 5.56 Å². The first-order valence-corrected chi connectivity index (χ1v) is 13.2. The minimum atomic E-state index is -0.113. The zero-order valence-electron chi connectivity index (χ0n) is 20.5. The molecule has 38 heavy (non-hydrogen) atoms. The average Bonchev–Trinajstić information content (AvgIpc) is 3.28. The fourth-order valence-corrected chi connectivity index (χ4v) is 5.37. The Hall–Kier alpha value is -4.61. The Morgan fingerprint density at radius 3 is 2.16 bits per heavy atom. The van der Waals surface area contributed by atoms with Crippen LogP contribution in [0.25, 0.3) is 16.8 Å². The number of fused-ring (bicyclic) bond motifs is 1.